The van der Waals surface area contributed by atoms with Gasteiger partial charge in [0.1, 0.15) is 11.6 Å². The van der Waals surface area contributed by atoms with Crippen LogP contribution in [0.2, 0.25) is 5.02 Å². The molecule has 25 heavy (non-hydrogen) atoms. The molecule has 0 bridgehead atoms. The average molecular weight is 351 g/mol. The maximum atomic E-state index is 5.95. The van der Waals surface area contributed by atoms with Gasteiger partial charge < -0.3 is 15.1 Å². The van der Waals surface area contributed by atoms with Gasteiger partial charge in [-0.15, -0.1) is 0 Å². The van der Waals surface area contributed by atoms with E-state index in [-0.39, 0.29) is 0 Å². The van der Waals surface area contributed by atoms with E-state index in [1.54, 1.807) is 6.26 Å². The lowest BCUT2D eigenvalue weighted by atomic mass is 10.2. The highest BCUT2D eigenvalue weighted by atomic mass is 35.5. The monoisotopic (exact) mass is 350 g/mol. The summed E-state index contributed by atoms with van der Waals surface area (Å²) < 4.78 is 5.33. The van der Waals surface area contributed by atoms with Gasteiger partial charge in [0.2, 0.25) is 5.95 Å². The van der Waals surface area contributed by atoms with Crippen molar-refractivity contribution in [3.8, 4) is 0 Å². The fourth-order valence-electron chi connectivity index (χ4n) is 2.50. The Kier molecular flexibility index (Phi) is 4.23. The highest BCUT2D eigenvalue weighted by Gasteiger charge is 2.08. The predicted octanol–water partition coefficient (Wildman–Crippen LogP) is 5.23. The molecule has 124 valence electrons. The topological polar surface area (TPSA) is 63.0 Å². The zero-order valence-electron chi connectivity index (χ0n) is 13.2. The van der Waals surface area contributed by atoms with Gasteiger partial charge in [-0.1, -0.05) is 23.7 Å². The molecule has 0 radical (unpaired) electrons. The first-order valence-corrected chi connectivity index (χ1v) is 8.21. The van der Waals surface area contributed by atoms with Crippen LogP contribution in [0.25, 0.3) is 10.9 Å². The van der Waals surface area contributed by atoms with E-state index in [1.807, 2.05) is 60.7 Å². The molecule has 2 aromatic heterocycles. The minimum atomic E-state index is 0.520. The van der Waals surface area contributed by atoms with Gasteiger partial charge >= 0.3 is 0 Å². The third kappa shape index (κ3) is 3.56. The maximum Gasteiger partial charge on any atom is 0.225 e. The van der Waals surface area contributed by atoms with Gasteiger partial charge in [0.05, 0.1) is 18.3 Å². The Morgan fingerprint density at radius 3 is 2.56 bits per heavy atom. The lowest BCUT2D eigenvalue weighted by Crippen LogP contribution is -2.05. The minimum absolute atomic E-state index is 0.520. The van der Waals surface area contributed by atoms with Crippen molar-refractivity contribution in [1.82, 2.24) is 9.97 Å². The summed E-state index contributed by atoms with van der Waals surface area (Å²) >= 11 is 5.95. The summed E-state index contributed by atoms with van der Waals surface area (Å²) in [5.41, 5.74) is 1.76. The van der Waals surface area contributed by atoms with E-state index in [0.29, 0.717) is 17.5 Å². The summed E-state index contributed by atoms with van der Waals surface area (Å²) in [6, 6.07) is 19.1. The molecule has 0 unspecified atom stereocenters. The fourth-order valence-corrected chi connectivity index (χ4v) is 2.63. The third-order valence-electron chi connectivity index (χ3n) is 3.71. The number of hydrogen-bond donors (Lipinski definition) is 2. The minimum Gasteiger partial charge on any atom is -0.467 e. The van der Waals surface area contributed by atoms with Crippen LogP contribution in [0.5, 0.6) is 0 Å². The van der Waals surface area contributed by atoms with Crippen molar-refractivity contribution in [2.45, 2.75) is 6.54 Å². The molecular weight excluding hydrogens is 336 g/mol. The summed E-state index contributed by atoms with van der Waals surface area (Å²) in [6.45, 7) is 0.520. The number of benzene rings is 2. The van der Waals surface area contributed by atoms with Crippen LogP contribution in [0.4, 0.5) is 17.5 Å². The molecule has 4 rings (SSSR count). The molecule has 4 aromatic rings. The predicted molar refractivity (Wildman–Crippen MR) is 100 cm³/mol. The van der Waals surface area contributed by atoms with Crippen molar-refractivity contribution in [2.75, 3.05) is 10.6 Å². The normalized spacial score (nSPS) is 10.8. The van der Waals surface area contributed by atoms with Crippen molar-refractivity contribution >= 4 is 40.0 Å². The Morgan fingerprint density at radius 1 is 0.920 bits per heavy atom. The number of anilines is 3. The van der Waals surface area contributed by atoms with E-state index in [1.165, 1.54) is 0 Å². The first-order valence-electron chi connectivity index (χ1n) is 7.83. The van der Waals surface area contributed by atoms with Crippen molar-refractivity contribution in [1.29, 1.82) is 0 Å². The van der Waals surface area contributed by atoms with Crippen molar-refractivity contribution in [3.05, 3.63) is 77.7 Å². The number of para-hydroxylation sites is 1. The summed E-state index contributed by atoms with van der Waals surface area (Å²) in [6.07, 6.45) is 1.64. The summed E-state index contributed by atoms with van der Waals surface area (Å²) in [5.74, 6) is 2.09. The molecule has 2 aromatic carbocycles. The molecule has 0 atom stereocenters. The van der Waals surface area contributed by atoms with Crippen LogP contribution in [-0.4, -0.2) is 9.97 Å². The SMILES string of the molecule is Clc1ccc(Nc2nc(NCc3ccco3)nc3ccccc23)cc1. The number of furan rings is 1. The zero-order chi connectivity index (χ0) is 17.1. The maximum absolute atomic E-state index is 5.95. The quantitative estimate of drug-likeness (QED) is 0.516. The van der Waals surface area contributed by atoms with Crippen molar-refractivity contribution in [2.24, 2.45) is 0 Å². The van der Waals surface area contributed by atoms with Gasteiger partial charge in [-0.05, 0) is 48.5 Å². The second kappa shape index (κ2) is 6.83. The second-order valence-electron chi connectivity index (χ2n) is 5.48. The van der Waals surface area contributed by atoms with Gasteiger partial charge in [0.25, 0.3) is 0 Å². The van der Waals surface area contributed by atoms with Crippen molar-refractivity contribution in [3.63, 3.8) is 0 Å². The Hall–Kier alpha value is -3.05. The first-order chi connectivity index (χ1) is 12.3. The molecule has 0 aliphatic heterocycles. The zero-order valence-corrected chi connectivity index (χ0v) is 14.0. The molecule has 0 aliphatic carbocycles. The lowest BCUT2D eigenvalue weighted by molar-refractivity contribution is 0.517. The van der Waals surface area contributed by atoms with Crippen LogP contribution >= 0.6 is 11.6 Å². The van der Waals surface area contributed by atoms with E-state index in [2.05, 4.69) is 20.6 Å². The first kappa shape index (κ1) is 15.5. The fraction of sp³-hybridized carbons (Fsp3) is 0.0526. The Balaban J connectivity index is 1.66. The number of nitrogens with zero attached hydrogens (tertiary/aromatic N) is 2. The average Bonchev–Trinajstić information content (AvgIpc) is 3.15. The number of rotatable bonds is 5. The number of nitrogens with one attached hydrogen (secondary N) is 2. The number of fused-ring (bicyclic) bond motifs is 1. The molecule has 5 nitrogen and oxygen atoms in total. The summed E-state index contributed by atoms with van der Waals surface area (Å²) in [7, 11) is 0. The largest absolute Gasteiger partial charge is 0.467 e. The van der Waals surface area contributed by atoms with Gasteiger partial charge in [-0.2, -0.15) is 4.98 Å². The van der Waals surface area contributed by atoms with E-state index < -0.39 is 0 Å². The van der Waals surface area contributed by atoms with Gasteiger partial charge in [-0.3, -0.25) is 0 Å². The molecule has 0 amide bonds. The molecule has 0 saturated heterocycles. The van der Waals surface area contributed by atoms with Crippen LogP contribution in [-0.2, 0) is 6.54 Å². The Morgan fingerprint density at radius 2 is 1.76 bits per heavy atom. The standard InChI is InChI=1S/C19H15ClN4O/c20-13-7-9-14(10-8-13)22-18-16-5-1-2-6-17(16)23-19(24-18)21-12-15-4-3-11-25-15/h1-11H,12H2,(H2,21,22,23,24). The molecule has 0 saturated carbocycles. The van der Waals surface area contributed by atoms with E-state index in [9.17, 15) is 0 Å². The highest BCUT2D eigenvalue weighted by Crippen LogP contribution is 2.26. The van der Waals surface area contributed by atoms with Crippen molar-refractivity contribution < 1.29 is 4.42 Å². The van der Waals surface area contributed by atoms with Crippen LogP contribution in [0.15, 0.2) is 71.3 Å². The Bertz CT molecular complexity index is 984. The molecule has 2 heterocycles. The van der Waals surface area contributed by atoms with Gasteiger partial charge in [-0.25, -0.2) is 4.98 Å². The molecule has 2 N–H and O–H groups in total. The van der Waals surface area contributed by atoms with E-state index in [0.717, 1.165) is 28.2 Å². The molecular formula is C19H15ClN4O. The number of hydrogen-bond acceptors (Lipinski definition) is 5. The van der Waals surface area contributed by atoms with Crippen LogP contribution in [0.1, 0.15) is 5.76 Å². The lowest BCUT2D eigenvalue weighted by Gasteiger charge is -2.11. The Labute approximate surface area is 149 Å². The van der Waals surface area contributed by atoms with Gasteiger partial charge in [0.15, 0.2) is 0 Å². The smallest absolute Gasteiger partial charge is 0.225 e. The van der Waals surface area contributed by atoms with Crippen LogP contribution in [0, 0.1) is 0 Å². The third-order valence-corrected chi connectivity index (χ3v) is 3.96. The number of aromatic nitrogens is 2. The number of halogens is 1. The van der Waals surface area contributed by atoms with Crippen LogP contribution in [0.3, 0.4) is 0 Å². The molecule has 6 heteroatoms. The van der Waals surface area contributed by atoms with E-state index in [4.69, 9.17) is 16.0 Å². The highest BCUT2D eigenvalue weighted by molar-refractivity contribution is 6.30. The summed E-state index contributed by atoms with van der Waals surface area (Å²) in [4.78, 5) is 9.18. The van der Waals surface area contributed by atoms with Gasteiger partial charge in [0, 0.05) is 16.1 Å². The molecule has 0 spiro atoms. The molecule has 0 fully saturated rings. The van der Waals surface area contributed by atoms with Crippen LogP contribution < -0.4 is 10.6 Å². The molecule has 0 aliphatic rings. The van der Waals surface area contributed by atoms with E-state index >= 15 is 0 Å². The second-order valence-corrected chi connectivity index (χ2v) is 5.91. The summed E-state index contributed by atoms with van der Waals surface area (Å²) in [5, 5.41) is 8.17.